The second-order valence-corrected chi connectivity index (χ2v) is 9.40. The molecule has 1 atom stereocenters. The molecule has 3 heterocycles. The van der Waals surface area contributed by atoms with E-state index in [1.54, 1.807) is 29.1 Å². The van der Waals surface area contributed by atoms with Crippen LogP contribution in [0.2, 0.25) is 5.02 Å². The van der Waals surface area contributed by atoms with E-state index in [-0.39, 0.29) is 10.9 Å². The Kier molecular flexibility index (Phi) is 7.25. The molecule has 0 saturated carbocycles. The number of ether oxygens (including phenoxy) is 1. The van der Waals surface area contributed by atoms with Gasteiger partial charge in [0, 0.05) is 49.5 Å². The molecule has 1 saturated heterocycles. The van der Waals surface area contributed by atoms with Gasteiger partial charge in [-0.15, -0.1) is 0 Å². The minimum absolute atomic E-state index is 0.0219. The number of carbonyl (C=O) groups excluding carboxylic acids is 1. The summed E-state index contributed by atoms with van der Waals surface area (Å²) in [5.41, 5.74) is 2.32. The highest BCUT2D eigenvalue weighted by Crippen LogP contribution is 2.26. The van der Waals surface area contributed by atoms with Gasteiger partial charge in [0.15, 0.2) is 0 Å². The van der Waals surface area contributed by atoms with Gasteiger partial charge in [-0.25, -0.2) is 14.4 Å². The number of halogens is 2. The number of hydrogen-bond donors (Lipinski definition) is 1. The summed E-state index contributed by atoms with van der Waals surface area (Å²) in [4.78, 5) is 22.6. The number of rotatable bonds is 7. The molecule has 1 aliphatic heterocycles. The molecular weight excluding hydrogens is 481 g/mol. The second-order valence-electron chi connectivity index (χ2n) is 9.00. The summed E-state index contributed by atoms with van der Waals surface area (Å²) in [6.07, 6.45) is 6.43. The monoisotopic (exact) mass is 507 g/mol. The third kappa shape index (κ3) is 5.39. The maximum absolute atomic E-state index is 14.3. The van der Waals surface area contributed by atoms with Crippen molar-refractivity contribution < 1.29 is 13.9 Å². The van der Waals surface area contributed by atoms with Crippen LogP contribution >= 0.6 is 11.6 Å². The number of benzene rings is 2. The van der Waals surface area contributed by atoms with Gasteiger partial charge >= 0.3 is 0 Å². The van der Waals surface area contributed by atoms with Crippen LogP contribution in [0.5, 0.6) is 0 Å². The van der Waals surface area contributed by atoms with Gasteiger partial charge < -0.3 is 10.1 Å². The summed E-state index contributed by atoms with van der Waals surface area (Å²) >= 11 is 5.89. The fourth-order valence-corrected chi connectivity index (χ4v) is 4.57. The maximum atomic E-state index is 14.3. The van der Waals surface area contributed by atoms with E-state index < -0.39 is 11.9 Å². The molecular formula is C27H27ClFN5O2. The Labute approximate surface area is 213 Å². The standard InChI is InChI=1S/C27H27ClFN5O2/c1-2-34-10-7-23(33-34)26(18-5-6-21(28)22(29)14-18)32-27(35)19-3-4-20-16-30-25(31-24(20)15-19)13-17-8-11-36-12-9-17/h3-7,10,14-17,26H,2,8-9,11-13H2,1H3,(H,32,35)/t26-/m1/s1. The van der Waals surface area contributed by atoms with Crippen LogP contribution in [-0.4, -0.2) is 38.9 Å². The number of aromatic nitrogens is 4. The molecule has 1 amide bonds. The van der Waals surface area contributed by atoms with E-state index >= 15 is 0 Å². The number of amides is 1. The molecule has 1 fully saturated rings. The van der Waals surface area contributed by atoms with Gasteiger partial charge in [0.05, 0.1) is 22.3 Å². The van der Waals surface area contributed by atoms with Gasteiger partial charge in [-0.3, -0.25) is 9.48 Å². The molecule has 1 aliphatic rings. The Hall–Kier alpha value is -3.36. The first-order valence-electron chi connectivity index (χ1n) is 12.1. The zero-order chi connectivity index (χ0) is 25.1. The van der Waals surface area contributed by atoms with Gasteiger partial charge in [0.1, 0.15) is 11.6 Å². The number of fused-ring (bicyclic) bond motifs is 1. The number of nitrogens with one attached hydrogen (secondary N) is 1. The van der Waals surface area contributed by atoms with Crippen molar-refractivity contribution in [2.75, 3.05) is 13.2 Å². The Morgan fingerprint density at radius 2 is 2.06 bits per heavy atom. The Balaban J connectivity index is 1.41. The first kappa shape index (κ1) is 24.3. The first-order chi connectivity index (χ1) is 17.5. The minimum Gasteiger partial charge on any atom is -0.381 e. The molecule has 2 aromatic carbocycles. The van der Waals surface area contributed by atoms with Crippen molar-refractivity contribution in [1.82, 2.24) is 25.1 Å². The molecule has 36 heavy (non-hydrogen) atoms. The highest BCUT2D eigenvalue weighted by atomic mass is 35.5. The van der Waals surface area contributed by atoms with Crippen molar-refractivity contribution in [2.24, 2.45) is 5.92 Å². The summed E-state index contributed by atoms with van der Waals surface area (Å²) in [5, 5.41) is 8.43. The van der Waals surface area contributed by atoms with E-state index in [1.807, 2.05) is 25.3 Å². The van der Waals surface area contributed by atoms with Gasteiger partial charge in [-0.05, 0) is 61.6 Å². The fourth-order valence-electron chi connectivity index (χ4n) is 4.45. The molecule has 9 heteroatoms. The van der Waals surface area contributed by atoms with E-state index in [4.69, 9.17) is 21.3 Å². The predicted octanol–water partition coefficient (Wildman–Crippen LogP) is 5.13. The molecule has 0 unspecified atom stereocenters. The average molecular weight is 508 g/mol. The van der Waals surface area contributed by atoms with Gasteiger partial charge in [0.2, 0.25) is 0 Å². The molecule has 0 spiro atoms. The van der Waals surface area contributed by atoms with Gasteiger partial charge in [-0.1, -0.05) is 23.7 Å². The fraction of sp³-hybridized carbons (Fsp3) is 0.333. The van der Waals surface area contributed by atoms with Gasteiger partial charge in [-0.2, -0.15) is 5.10 Å². The molecule has 2 aromatic heterocycles. The van der Waals surface area contributed by atoms with E-state index in [9.17, 15) is 9.18 Å². The molecule has 1 N–H and O–H groups in total. The van der Waals surface area contributed by atoms with Crippen LogP contribution in [0.25, 0.3) is 10.9 Å². The minimum atomic E-state index is -0.651. The average Bonchev–Trinajstić information content (AvgIpc) is 3.38. The van der Waals surface area contributed by atoms with Crippen LogP contribution < -0.4 is 5.32 Å². The topological polar surface area (TPSA) is 81.9 Å². The third-order valence-corrected chi connectivity index (χ3v) is 6.85. The van der Waals surface area contributed by atoms with Crippen molar-refractivity contribution >= 4 is 28.4 Å². The number of carbonyl (C=O) groups is 1. The van der Waals surface area contributed by atoms with Crippen LogP contribution in [0.3, 0.4) is 0 Å². The van der Waals surface area contributed by atoms with E-state index in [2.05, 4.69) is 15.4 Å². The van der Waals surface area contributed by atoms with Crippen molar-refractivity contribution in [3.63, 3.8) is 0 Å². The lowest BCUT2D eigenvalue weighted by Crippen LogP contribution is -2.30. The lowest BCUT2D eigenvalue weighted by atomic mass is 9.96. The SMILES string of the molecule is CCn1ccc([C@H](NC(=O)c2ccc3cnc(CC4CCOCC4)nc3c2)c2ccc(Cl)c(F)c2)n1. The van der Waals surface area contributed by atoms with Crippen molar-refractivity contribution in [3.8, 4) is 0 Å². The Morgan fingerprint density at radius 3 is 2.81 bits per heavy atom. The zero-order valence-corrected chi connectivity index (χ0v) is 20.7. The third-order valence-electron chi connectivity index (χ3n) is 6.54. The summed E-state index contributed by atoms with van der Waals surface area (Å²) in [7, 11) is 0. The second kappa shape index (κ2) is 10.7. The lowest BCUT2D eigenvalue weighted by molar-refractivity contribution is 0.0660. The van der Waals surface area contributed by atoms with E-state index in [0.29, 0.717) is 34.8 Å². The Bertz CT molecular complexity index is 1390. The first-order valence-corrected chi connectivity index (χ1v) is 12.5. The van der Waals surface area contributed by atoms with Crippen molar-refractivity contribution in [3.05, 3.63) is 88.3 Å². The molecule has 186 valence electrons. The van der Waals surface area contributed by atoms with Crippen LogP contribution in [0, 0.1) is 11.7 Å². The highest BCUT2D eigenvalue weighted by Gasteiger charge is 2.22. The maximum Gasteiger partial charge on any atom is 0.252 e. The summed E-state index contributed by atoms with van der Waals surface area (Å²) in [5.74, 6) is 0.411. The van der Waals surface area contributed by atoms with Gasteiger partial charge in [0.25, 0.3) is 5.91 Å². The zero-order valence-electron chi connectivity index (χ0n) is 20.0. The largest absolute Gasteiger partial charge is 0.381 e. The molecule has 4 aromatic rings. The molecule has 5 rings (SSSR count). The molecule has 0 aliphatic carbocycles. The van der Waals surface area contributed by atoms with E-state index in [1.165, 1.54) is 12.1 Å². The highest BCUT2D eigenvalue weighted by molar-refractivity contribution is 6.30. The molecule has 7 nitrogen and oxygen atoms in total. The molecule has 0 bridgehead atoms. The normalized spacial score (nSPS) is 15.2. The number of hydrogen-bond acceptors (Lipinski definition) is 5. The van der Waals surface area contributed by atoms with E-state index in [0.717, 1.165) is 43.7 Å². The quantitative estimate of drug-likeness (QED) is 0.375. The summed E-state index contributed by atoms with van der Waals surface area (Å²) in [6, 6.07) is 11.0. The van der Waals surface area contributed by atoms with Crippen LogP contribution in [0.15, 0.2) is 54.9 Å². The van der Waals surface area contributed by atoms with Crippen LogP contribution in [-0.2, 0) is 17.7 Å². The predicted molar refractivity (Wildman–Crippen MR) is 135 cm³/mol. The van der Waals surface area contributed by atoms with Crippen LogP contribution in [0.1, 0.15) is 53.2 Å². The van der Waals surface area contributed by atoms with Crippen LogP contribution in [0.4, 0.5) is 4.39 Å². The Morgan fingerprint density at radius 1 is 1.22 bits per heavy atom. The summed E-state index contributed by atoms with van der Waals surface area (Å²) in [6.45, 7) is 4.20. The number of nitrogens with zero attached hydrogens (tertiary/aromatic N) is 4. The number of aryl methyl sites for hydroxylation is 1. The molecule has 0 radical (unpaired) electrons. The summed E-state index contributed by atoms with van der Waals surface area (Å²) < 4.78 is 21.5. The van der Waals surface area contributed by atoms with Crippen molar-refractivity contribution in [2.45, 2.75) is 38.8 Å². The smallest absolute Gasteiger partial charge is 0.252 e. The van der Waals surface area contributed by atoms with Crippen molar-refractivity contribution in [1.29, 1.82) is 0 Å². The lowest BCUT2D eigenvalue weighted by Gasteiger charge is -2.21.